The Morgan fingerprint density at radius 1 is 0.946 bits per heavy atom. The lowest BCUT2D eigenvalue weighted by Crippen LogP contribution is -2.57. The maximum Gasteiger partial charge on any atom is 0.305 e. The van der Waals surface area contributed by atoms with E-state index in [0.29, 0.717) is 11.1 Å². The Bertz CT molecular complexity index is 1160. The second kappa shape index (κ2) is 11.9. The zero-order chi connectivity index (χ0) is 26.5. The van der Waals surface area contributed by atoms with Gasteiger partial charge in [0.25, 0.3) is 17.7 Å². The molecule has 2 unspecified atom stereocenters. The van der Waals surface area contributed by atoms with Gasteiger partial charge in [-0.1, -0.05) is 52.9 Å². The van der Waals surface area contributed by atoms with Crippen LogP contribution in [0.4, 0.5) is 0 Å². The van der Waals surface area contributed by atoms with Crippen molar-refractivity contribution < 1.29 is 24.3 Å². The number of carbonyl (C=O) groups excluding carboxylic acids is 3. The second-order valence-corrected chi connectivity index (χ2v) is 10.8. The number of carboxylic acids is 1. The third kappa shape index (κ3) is 6.39. The van der Waals surface area contributed by atoms with Crippen LogP contribution in [0.25, 0.3) is 0 Å². The van der Waals surface area contributed by atoms with Crippen LogP contribution < -0.4 is 5.32 Å². The predicted octanol–water partition coefficient (Wildman–Crippen LogP) is 4.22. The van der Waals surface area contributed by atoms with Gasteiger partial charge in [-0.3, -0.25) is 19.2 Å². The molecule has 2 aromatic carbocycles. The van der Waals surface area contributed by atoms with Gasteiger partial charge in [0.05, 0.1) is 6.42 Å². The van der Waals surface area contributed by atoms with E-state index in [1.54, 1.807) is 42.5 Å². The molecule has 4 rings (SSSR count). The van der Waals surface area contributed by atoms with Crippen LogP contribution in [0.2, 0.25) is 0 Å². The van der Waals surface area contributed by atoms with Crippen molar-refractivity contribution in [1.29, 1.82) is 0 Å². The fraction of sp³-hybridized carbons (Fsp3) is 0.429. The molecule has 2 atom stereocenters. The van der Waals surface area contributed by atoms with Crippen LogP contribution in [0.3, 0.4) is 0 Å². The summed E-state index contributed by atoms with van der Waals surface area (Å²) in [7, 11) is 0. The zero-order valence-corrected chi connectivity index (χ0v) is 22.4. The summed E-state index contributed by atoms with van der Waals surface area (Å²) in [6.07, 6.45) is 3.39. The molecule has 2 fully saturated rings. The number of hydrogen-bond donors (Lipinski definition) is 2. The summed E-state index contributed by atoms with van der Waals surface area (Å²) in [5.41, 5.74) is 1.75. The number of hydrogen-bond acceptors (Lipinski definition) is 4. The highest BCUT2D eigenvalue weighted by Gasteiger charge is 2.44. The maximum absolute atomic E-state index is 13.8. The molecule has 37 heavy (non-hydrogen) atoms. The van der Waals surface area contributed by atoms with Crippen LogP contribution in [0.1, 0.15) is 64.8 Å². The van der Waals surface area contributed by atoms with E-state index in [4.69, 9.17) is 0 Å². The number of nitrogens with one attached hydrogen (secondary N) is 1. The van der Waals surface area contributed by atoms with E-state index < -0.39 is 24.1 Å². The Balaban J connectivity index is 1.64. The zero-order valence-electron chi connectivity index (χ0n) is 20.9. The average molecular weight is 570 g/mol. The molecule has 9 heteroatoms. The van der Waals surface area contributed by atoms with Crippen molar-refractivity contribution >= 4 is 39.6 Å². The summed E-state index contributed by atoms with van der Waals surface area (Å²) in [6, 6.07) is 13.4. The van der Waals surface area contributed by atoms with E-state index in [2.05, 4.69) is 21.2 Å². The molecule has 3 amide bonds. The molecular weight excluding hydrogens is 538 g/mol. The molecule has 2 N–H and O–H groups in total. The van der Waals surface area contributed by atoms with Gasteiger partial charge in [0, 0.05) is 34.7 Å². The van der Waals surface area contributed by atoms with Crippen molar-refractivity contribution in [1.82, 2.24) is 15.1 Å². The maximum atomic E-state index is 13.8. The quantitative estimate of drug-likeness (QED) is 0.519. The minimum absolute atomic E-state index is 0.0479. The molecule has 0 aromatic heterocycles. The lowest BCUT2D eigenvalue weighted by Gasteiger charge is -2.34. The van der Waals surface area contributed by atoms with Gasteiger partial charge in [-0.2, -0.15) is 0 Å². The third-order valence-electron chi connectivity index (χ3n) is 7.23. The molecule has 0 radical (unpaired) electrons. The number of amides is 3. The Hall–Kier alpha value is -3.20. The summed E-state index contributed by atoms with van der Waals surface area (Å²) in [5.74, 6) is -2.17. The lowest BCUT2D eigenvalue weighted by molar-refractivity contribution is -0.138. The number of aliphatic carboxylic acids is 1. The van der Waals surface area contributed by atoms with Gasteiger partial charge in [0.1, 0.15) is 0 Å². The van der Waals surface area contributed by atoms with Gasteiger partial charge >= 0.3 is 5.97 Å². The van der Waals surface area contributed by atoms with Crippen molar-refractivity contribution in [2.24, 2.45) is 5.92 Å². The molecular formula is C28H32BrN3O5. The van der Waals surface area contributed by atoms with E-state index in [0.717, 1.165) is 42.1 Å². The van der Waals surface area contributed by atoms with Crippen LogP contribution in [0.5, 0.6) is 0 Å². The molecule has 8 nitrogen and oxygen atoms in total. The van der Waals surface area contributed by atoms with Gasteiger partial charge in [0.15, 0.2) is 6.17 Å². The minimum atomic E-state index is -1.18. The Morgan fingerprint density at radius 3 is 2.16 bits per heavy atom. The van der Waals surface area contributed by atoms with Gasteiger partial charge < -0.3 is 20.2 Å². The van der Waals surface area contributed by atoms with Crippen LogP contribution in [-0.4, -0.2) is 63.9 Å². The molecule has 1 aliphatic heterocycles. The fourth-order valence-electron chi connectivity index (χ4n) is 5.36. The van der Waals surface area contributed by atoms with E-state index in [1.807, 2.05) is 13.0 Å². The molecule has 1 heterocycles. The largest absolute Gasteiger partial charge is 0.481 e. The van der Waals surface area contributed by atoms with E-state index in [-0.39, 0.29) is 37.2 Å². The fourth-order valence-corrected chi connectivity index (χ4v) is 5.62. The Labute approximate surface area is 225 Å². The van der Waals surface area contributed by atoms with Crippen LogP contribution in [0.15, 0.2) is 53.0 Å². The van der Waals surface area contributed by atoms with Gasteiger partial charge in [-0.25, -0.2) is 0 Å². The summed E-state index contributed by atoms with van der Waals surface area (Å²) in [6.45, 7) is 2.27. The van der Waals surface area contributed by atoms with E-state index >= 15 is 0 Å². The van der Waals surface area contributed by atoms with Crippen LogP contribution in [-0.2, 0) is 9.59 Å². The Kier molecular flexibility index (Phi) is 8.63. The summed E-state index contributed by atoms with van der Waals surface area (Å²) in [5, 5.41) is 12.5. The van der Waals surface area contributed by atoms with Gasteiger partial charge in [-0.15, -0.1) is 0 Å². The average Bonchev–Trinajstić information content (AvgIpc) is 3.33. The number of carboxylic acid groups (broad SMARTS) is 1. The first-order valence-corrected chi connectivity index (χ1v) is 13.5. The first-order chi connectivity index (χ1) is 17.7. The summed E-state index contributed by atoms with van der Waals surface area (Å²) >= 11 is 3.37. The Morgan fingerprint density at radius 2 is 1.57 bits per heavy atom. The number of carbonyl (C=O) groups is 4. The first kappa shape index (κ1) is 26.9. The second-order valence-electron chi connectivity index (χ2n) is 9.86. The topological polar surface area (TPSA) is 107 Å². The number of halogens is 1. The van der Waals surface area contributed by atoms with Crippen molar-refractivity contribution in [3.8, 4) is 0 Å². The number of nitrogens with zero attached hydrogens (tertiary/aromatic N) is 2. The van der Waals surface area contributed by atoms with Gasteiger partial charge in [-0.05, 0) is 62.1 Å². The van der Waals surface area contributed by atoms with E-state index in [9.17, 15) is 24.3 Å². The number of benzene rings is 2. The van der Waals surface area contributed by atoms with Crippen molar-refractivity contribution in [3.63, 3.8) is 0 Å². The highest BCUT2D eigenvalue weighted by atomic mass is 79.9. The summed E-state index contributed by atoms with van der Waals surface area (Å²) < 4.78 is 0.819. The highest BCUT2D eigenvalue weighted by molar-refractivity contribution is 9.10. The monoisotopic (exact) mass is 569 g/mol. The van der Waals surface area contributed by atoms with Gasteiger partial charge in [0.2, 0.25) is 0 Å². The molecule has 0 bridgehead atoms. The van der Waals surface area contributed by atoms with Crippen molar-refractivity contribution in [2.75, 3.05) is 13.1 Å². The standard InChI is InChI=1S/C28H32BrN3O5/c1-18-6-5-9-21(16-18)28(37)32-15-14-31(27(36)20-10-12-22(29)13-11-20)26(32)25(35)30-23(17-24(33)34)19-7-3-2-4-8-19/h5-6,9-13,16,19,23,26H,2-4,7-8,14-15,17H2,1H3,(H,30,35)(H,33,34). The molecule has 1 saturated carbocycles. The smallest absolute Gasteiger partial charge is 0.305 e. The molecule has 1 aliphatic carbocycles. The van der Waals surface area contributed by atoms with E-state index in [1.165, 1.54) is 9.80 Å². The highest BCUT2D eigenvalue weighted by Crippen LogP contribution is 2.29. The predicted molar refractivity (Wildman–Crippen MR) is 142 cm³/mol. The summed E-state index contributed by atoms with van der Waals surface area (Å²) in [4.78, 5) is 55.3. The third-order valence-corrected chi connectivity index (χ3v) is 7.75. The molecule has 1 saturated heterocycles. The van der Waals surface area contributed by atoms with Crippen molar-refractivity contribution in [2.45, 2.75) is 57.7 Å². The van der Waals surface area contributed by atoms with Crippen LogP contribution >= 0.6 is 15.9 Å². The first-order valence-electron chi connectivity index (χ1n) is 12.7. The lowest BCUT2D eigenvalue weighted by atomic mass is 9.82. The van der Waals surface area contributed by atoms with Crippen LogP contribution in [0, 0.1) is 12.8 Å². The minimum Gasteiger partial charge on any atom is -0.481 e. The number of aryl methyl sites for hydroxylation is 1. The normalized spacial score (nSPS) is 18.9. The molecule has 2 aromatic rings. The molecule has 196 valence electrons. The SMILES string of the molecule is Cc1cccc(C(=O)N2CCN(C(=O)c3ccc(Br)cc3)C2C(=O)NC(CC(=O)O)C2CCCCC2)c1. The molecule has 0 spiro atoms. The number of rotatable bonds is 7. The van der Waals surface area contributed by atoms with Crippen molar-refractivity contribution in [3.05, 3.63) is 69.7 Å². The molecule has 2 aliphatic rings.